The third-order valence-corrected chi connectivity index (χ3v) is 13.1. The quantitative estimate of drug-likeness (QED) is 0.153. The van der Waals surface area contributed by atoms with E-state index in [0.29, 0.717) is 0 Å². The van der Waals surface area contributed by atoms with Crippen molar-refractivity contribution in [2.24, 2.45) is 0 Å². The lowest BCUT2D eigenvalue weighted by Gasteiger charge is -2.27. The van der Waals surface area contributed by atoms with Crippen LogP contribution in [0.5, 0.6) is 0 Å². The molecule has 12 aromatic rings. The van der Waals surface area contributed by atoms with Gasteiger partial charge in [-0.05, 0) is 117 Å². The summed E-state index contributed by atoms with van der Waals surface area (Å²) < 4.78 is 5.04. The summed E-state index contributed by atoms with van der Waals surface area (Å²) in [6, 6.07) is 80.0. The molecule has 0 amide bonds. The average Bonchev–Trinajstić information content (AvgIpc) is 3.85. The standard InChI is InChI=1S/C56H36N2S/c1-2-14-45-38(11-1)27-33-48-46(18-10-19-47(45)48)39-25-31-42(32-26-39)57(41-29-23-37(24-30-41)40-28-34-56-52(35-40)51-17-5-8-22-55(51)59-56)43-12-9-13-44(36-43)58-53-20-6-3-15-49(53)50-16-4-7-21-54(50)58/h1-36H. The van der Waals surface area contributed by atoms with Crippen LogP contribution in [0.25, 0.3) is 91.5 Å². The number of aromatic nitrogens is 1. The molecule has 3 heteroatoms. The number of thiophene rings is 1. The molecule has 0 aliphatic carbocycles. The Hall–Kier alpha value is -7.46. The van der Waals surface area contributed by atoms with Crippen molar-refractivity contribution in [2.75, 3.05) is 4.90 Å². The Morgan fingerprint density at radius 3 is 1.68 bits per heavy atom. The smallest absolute Gasteiger partial charge is 0.0541 e. The molecule has 0 saturated heterocycles. The predicted molar refractivity (Wildman–Crippen MR) is 254 cm³/mol. The van der Waals surface area contributed by atoms with E-state index in [-0.39, 0.29) is 0 Å². The van der Waals surface area contributed by atoms with Gasteiger partial charge in [-0.3, -0.25) is 0 Å². The van der Waals surface area contributed by atoms with E-state index in [1.165, 1.54) is 85.8 Å². The first-order valence-electron chi connectivity index (χ1n) is 20.2. The molecule has 0 bridgehead atoms. The predicted octanol–water partition coefficient (Wildman–Crippen LogP) is 16.3. The molecule has 0 N–H and O–H groups in total. The second kappa shape index (κ2) is 13.6. The second-order valence-corrected chi connectivity index (χ2v) is 16.4. The zero-order valence-corrected chi connectivity index (χ0v) is 32.9. The van der Waals surface area contributed by atoms with Crippen molar-refractivity contribution in [1.29, 1.82) is 0 Å². The van der Waals surface area contributed by atoms with E-state index in [0.717, 1.165) is 22.7 Å². The second-order valence-electron chi connectivity index (χ2n) is 15.3. The van der Waals surface area contributed by atoms with Crippen LogP contribution in [0, 0.1) is 0 Å². The highest BCUT2D eigenvalue weighted by Gasteiger charge is 2.18. The van der Waals surface area contributed by atoms with Gasteiger partial charge in [0, 0.05) is 53.7 Å². The summed E-state index contributed by atoms with van der Waals surface area (Å²) in [5.41, 5.74) is 11.7. The first-order valence-corrected chi connectivity index (χ1v) is 21.0. The van der Waals surface area contributed by atoms with E-state index in [1.807, 2.05) is 11.3 Å². The van der Waals surface area contributed by atoms with Gasteiger partial charge in [0.15, 0.2) is 0 Å². The Morgan fingerprint density at radius 2 is 0.915 bits per heavy atom. The SMILES string of the molecule is c1cc(N(c2ccc(-c3ccc4sc5ccccc5c4c3)cc2)c2ccc(-c3cccc4c3ccc3ccccc34)cc2)cc(-n2c3ccccc3c3ccccc32)c1. The molecule has 2 heterocycles. The molecule has 0 unspecified atom stereocenters. The zero-order valence-electron chi connectivity index (χ0n) is 32.1. The van der Waals surface area contributed by atoms with Crippen LogP contribution in [0.3, 0.4) is 0 Å². The van der Waals surface area contributed by atoms with Crippen LogP contribution in [0.1, 0.15) is 0 Å². The Morgan fingerprint density at radius 1 is 0.322 bits per heavy atom. The van der Waals surface area contributed by atoms with Crippen molar-refractivity contribution in [3.05, 3.63) is 218 Å². The summed E-state index contributed by atoms with van der Waals surface area (Å²) in [5.74, 6) is 0. The van der Waals surface area contributed by atoms with Gasteiger partial charge >= 0.3 is 0 Å². The minimum absolute atomic E-state index is 1.09. The fraction of sp³-hybridized carbons (Fsp3) is 0. The summed E-state index contributed by atoms with van der Waals surface area (Å²) in [7, 11) is 0. The molecule has 2 aromatic heterocycles. The van der Waals surface area contributed by atoms with Crippen molar-refractivity contribution >= 4 is 91.9 Å². The molecule has 10 aromatic carbocycles. The van der Waals surface area contributed by atoms with Crippen molar-refractivity contribution in [3.63, 3.8) is 0 Å². The van der Waals surface area contributed by atoms with Gasteiger partial charge in [0.05, 0.1) is 11.0 Å². The maximum atomic E-state index is 2.40. The average molecular weight is 769 g/mol. The lowest BCUT2D eigenvalue weighted by Crippen LogP contribution is -2.10. The fourth-order valence-electron chi connectivity index (χ4n) is 9.21. The van der Waals surface area contributed by atoms with Crippen molar-refractivity contribution in [3.8, 4) is 27.9 Å². The first-order chi connectivity index (χ1) is 29.2. The Bertz CT molecular complexity index is 3500. The van der Waals surface area contributed by atoms with Gasteiger partial charge in [0.1, 0.15) is 0 Å². The van der Waals surface area contributed by atoms with E-state index in [4.69, 9.17) is 0 Å². The van der Waals surface area contributed by atoms with E-state index in [1.54, 1.807) is 0 Å². The van der Waals surface area contributed by atoms with Crippen molar-refractivity contribution in [1.82, 2.24) is 4.57 Å². The van der Waals surface area contributed by atoms with E-state index >= 15 is 0 Å². The molecule has 0 fully saturated rings. The van der Waals surface area contributed by atoms with Crippen LogP contribution >= 0.6 is 11.3 Å². The molecule has 0 radical (unpaired) electrons. The summed E-state index contributed by atoms with van der Waals surface area (Å²) in [5, 5.41) is 10.2. The van der Waals surface area contributed by atoms with E-state index < -0.39 is 0 Å². The molecule has 12 rings (SSSR count). The van der Waals surface area contributed by atoms with E-state index in [2.05, 4.69) is 228 Å². The highest BCUT2D eigenvalue weighted by molar-refractivity contribution is 7.25. The lowest BCUT2D eigenvalue weighted by molar-refractivity contribution is 1.17. The Balaban J connectivity index is 0.987. The molecule has 276 valence electrons. The third-order valence-electron chi connectivity index (χ3n) is 12.0. The molecule has 0 aliphatic rings. The van der Waals surface area contributed by atoms with Gasteiger partial charge in [-0.1, -0.05) is 146 Å². The molecule has 2 nitrogen and oxygen atoms in total. The molecule has 0 atom stereocenters. The Labute approximate surface area is 346 Å². The van der Waals surface area contributed by atoms with Gasteiger partial charge in [0.2, 0.25) is 0 Å². The number of hydrogen-bond donors (Lipinski definition) is 0. The summed E-state index contributed by atoms with van der Waals surface area (Å²) in [6.45, 7) is 0. The van der Waals surface area contributed by atoms with Crippen molar-refractivity contribution < 1.29 is 0 Å². The van der Waals surface area contributed by atoms with Gasteiger partial charge in [-0.2, -0.15) is 0 Å². The number of nitrogens with zero attached hydrogens (tertiary/aromatic N) is 2. The Kier molecular flexibility index (Phi) is 7.75. The monoisotopic (exact) mass is 768 g/mol. The van der Waals surface area contributed by atoms with E-state index in [9.17, 15) is 0 Å². The zero-order chi connectivity index (χ0) is 38.9. The van der Waals surface area contributed by atoms with Crippen LogP contribution in [-0.4, -0.2) is 4.57 Å². The van der Waals surface area contributed by atoms with Crippen LogP contribution in [0.15, 0.2) is 218 Å². The molecule has 0 spiro atoms. The van der Waals surface area contributed by atoms with Crippen LogP contribution in [0.2, 0.25) is 0 Å². The molecular formula is C56H36N2S. The molecule has 0 saturated carbocycles. The number of rotatable bonds is 6. The van der Waals surface area contributed by atoms with Crippen LogP contribution in [-0.2, 0) is 0 Å². The topological polar surface area (TPSA) is 8.17 Å². The van der Waals surface area contributed by atoms with Gasteiger partial charge in [0.25, 0.3) is 0 Å². The van der Waals surface area contributed by atoms with Crippen LogP contribution in [0.4, 0.5) is 17.1 Å². The minimum Gasteiger partial charge on any atom is -0.310 e. The minimum atomic E-state index is 1.09. The van der Waals surface area contributed by atoms with Gasteiger partial charge < -0.3 is 9.47 Å². The summed E-state index contributed by atoms with van der Waals surface area (Å²) in [4.78, 5) is 2.39. The number of anilines is 3. The summed E-state index contributed by atoms with van der Waals surface area (Å²) >= 11 is 1.86. The molecule has 59 heavy (non-hydrogen) atoms. The maximum absolute atomic E-state index is 2.40. The highest BCUT2D eigenvalue weighted by Crippen LogP contribution is 2.41. The van der Waals surface area contributed by atoms with Gasteiger partial charge in [-0.15, -0.1) is 11.3 Å². The van der Waals surface area contributed by atoms with Gasteiger partial charge in [-0.25, -0.2) is 0 Å². The summed E-state index contributed by atoms with van der Waals surface area (Å²) in [6.07, 6.45) is 0. The fourth-order valence-corrected chi connectivity index (χ4v) is 10.3. The molecular weight excluding hydrogens is 733 g/mol. The lowest BCUT2D eigenvalue weighted by atomic mass is 9.94. The number of hydrogen-bond acceptors (Lipinski definition) is 2. The van der Waals surface area contributed by atoms with Crippen LogP contribution < -0.4 is 4.90 Å². The van der Waals surface area contributed by atoms with Crippen molar-refractivity contribution in [2.45, 2.75) is 0 Å². The third kappa shape index (κ3) is 5.55. The maximum Gasteiger partial charge on any atom is 0.0541 e. The largest absolute Gasteiger partial charge is 0.310 e. The normalized spacial score (nSPS) is 11.7. The number of benzene rings is 10. The first kappa shape index (κ1) is 33.7. The number of para-hydroxylation sites is 2. The molecule has 0 aliphatic heterocycles. The number of fused-ring (bicyclic) bond motifs is 9. The highest BCUT2D eigenvalue weighted by atomic mass is 32.1.